The number of hydrogen-bond donors (Lipinski definition) is 1. The van der Waals surface area contributed by atoms with E-state index in [0.29, 0.717) is 16.6 Å². The number of nitrogens with one attached hydrogen (secondary N) is 1. The molecule has 0 saturated heterocycles. The quantitative estimate of drug-likeness (QED) is 0.730. The number of anilines is 1. The number of carbonyl (C=O) groups is 1. The van der Waals surface area contributed by atoms with Gasteiger partial charge >= 0.3 is 0 Å². The first-order valence-corrected chi connectivity index (χ1v) is 9.58. The number of thioether (sulfide) groups is 1. The summed E-state index contributed by atoms with van der Waals surface area (Å²) in [6.07, 6.45) is 0. The monoisotopic (exact) mass is 361 g/mol. The fourth-order valence-electron chi connectivity index (χ4n) is 2.53. The number of nitrogens with zero attached hydrogens (tertiary/aromatic N) is 2. The zero-order valence-electron chi connectivity index (χ0n) is 14.1. The van der Waals surface area contributed by atoms with E-state index in [2.05, 4.69) is 34.5 Å². The molecule has 1 N–H and O–H groups in total. The number of rotatable bonds is 5. The average Bonchev–Trinajstić information content (AvgIpc) is 3.04. The van der Waals surface area contributed by atoms with E-state index in [0.717, 1.165) is 32.8 Å². The molecular formula is C17H19N3O2S2. The smallest absolute Gasteiger partial charge is 0.236 e. The molecule has 0 aliphatic rings. The summed E-state index contributed by atoms with van der Waals surface area (Å²) in [5.74, 6) is 1.86. The summed E-state index contributed by atoms with van der Waals surface area (Å²) in [5.41, 5.74) is 5.26. The summed E-state index contributed by atoms with van der Waals surface area (Å²) < 4.78 is 6.23. The minimum absolute atomic E-state index is 0.0415. The second-order valence-corrected chi connectivity index (χ2v) is 7.81. The van der Waals surface area contributed by atoms with E-state index in [1.54, 1.807) is 11.8 Å². The molecule has 0 spiro atoms. The van der Waals surface area contributed by atoms with Crippen molar-refractivity contribution in [2.75, 3.05) is 11.1 Å². The summed E-state index contributed by atoms with van der Waals surface area (Å²) in [7, 11) is 0. The van der Waals surface area contributed by atoms with Gasteiger partial charge in [-0.15, -0.1) is 11.8 Å². The molecule has 0 unspecified atom stereocenters. The number of carbonyl (C=O) groups excluding carboxylic acids is 1. The summed E-state index contributed by atoms with van der Waals surface area (Å²) in [4.78, 5) is 16.7. The Morgan fingerprint density at radius 3 is 2.79 bits per heavy atom. The van der Waals surface area contributed by atoms with Gasteiger partial charge in [0.2, 0.25) is 5.91 Å². The number of hydrogen-bond acceptors (Lipinski definition) is 6. The first-order chi connectivity index (χ1) is 11.4. The maximum Gasteiger partial charge on any atom is 0.236 e. The zero-order valence-corrected chi connectivity index (χ0v) is 15.7. The van der Waals surface area contributed by atoms with Crippen molar-refractivity contribution in [2.45, 2.75) is 33.4 Å². The molecule has 0 saturated carbocycles. The van der Waals surface area contributed by atoms with Crippen LogP contribution in [0.5, 0.6) is 0 Å². The molecule has 0 bridgehead atoms. The fourth-order valence-corrected chi connectivity index (χ4v) is 4.57. The van der Waals surface area contributed by atoms with Crippen LogP contribution in [0.15, 0.2) is 16.7 Å². The molecule has 0 atom stereocenters. The number of thiazole rings is 1. The molecule has 3 aromatic rings. The van der Waals surface area contributed by atoms with Gasteiger partial charge in [-0.1, -0.05) is 22.6 Å². The van der Waals surface area contributed by atoms with Crippen LogP contribution in [0, 0.1) is 27.7 Å². The molecule has 1 aromatic carbocycles. The zero-order chi connectivity index (χ0) is 17.3. The molecule has 0 fully saturated rings. The predicted octanol–water partition coefficient (Wildman–Crippen LogP) is 4.39. The molecule has 126 valence electrons. The standard InChI is InChI=1S/C17H19N3O2S2/c1-9-5-10(2)16-14(6-9)24-17(19-16)18-15(21)8-23-7-13-11(3)20-22-12(13)4/h5-6H,7-8H2,1-4H3,(H,18,19,21). The minimum Gasteiger partial charge on any atom is -0.361 e. The van der Waals surface area contributed by atoms with Crippen LogP contribution in [-0.4, -0.2) is 21.8 Å². The topological polar surface area (TPSA) is 68.0 Å². The Morgan fingerprint density at radius 2 is 2.08 bits per heavy atom. The third-order valence-electron chi connectivity index (χ3n) is 3.74. The van der Waals surface area contributed by atoms with Crippen LogP contribution >= 0.6 is 23.1 Å². The van der Waals surface area contributed by atoms with Crippen molar-refractivity contribution in [2.24, 2.45) is 0 Å². The first-order valence-electron chi connectivity index (χ1n) is 7.61. The molecule has 0 aliphatic carbocycles. The van der Waals surface area contributed by atoms with Crippen molar-refractivity contribution in [3.8, 4) is 0 Å². The third-order valence-corrected chi connectivity index (χ3v) is 5.61. The maximum absolute atomic E-state index is 12.1. The Morgan fingerprint density at radius 1 is 1.29 bits per heavy atom. The SMILES string of the molecule is Cc1cc(C)c2nc(NC(=O)CSCc3c(C)noc3C)sc2c1. The predicted molar refractivity (Wildman–Crippen MR) is 99.9 cm³/mol. The van der Waals surface area contributed by atoms with Crippen LogP contribution in [0.2, 0.25) is 0 Å². The van der Waals surface area contributed by atoms with Gasteiger partial charge in [-0.3, -0.25) is 4.79 Å². The van der Waals surface area contributed by atoms with E-state index in [-0.39, 0.29) is 5.91 Å². The highest BCUT2D eigenvalue weighted by molar-refractivity contribution is 7.99. The van der Waals surface area contributed by atoms with Gasteiger partial charge in [0, 0.05) is 11.3 Å². The van der Waals surface area contributed by atoms with Crippen LogP contribution < -0.4 is 5.32 Å². The summed E-state index contributed by atoms with van der Waals surface area (Å²) >= 11 is 3.06. The van der Waals surface area contributed by atoms with Gasteiger partial charge in [-0.05, 0) is 44.9 Å². The number of amides is 1. The molecule has 1 amide bonds. The van der Waals surface area contributed by atoms with Crippen molar-refractivity contribution >= 4 is 44.4 Å². The number of benzene rings is 1. The minimum atomic E-state index is -0.0415. The Hall–Kier alpha value is -1.86. The van der Waals surface area contributed by atoms with Gasteiger partial charge in [0.25, 0.3) is 0 Å². The second-order valence-electron chi connectivity index (χ2n) is 5.79. The molecule has 5 nitrogen and oxygen atoms in total. The van der Waals surface area contributed by atoms with Crippen molar-refractivity contribution in [3.05, 3.63) is 40.3 Å². The summed E-state index contributed by atoms with van der Waals surface area (Å²) in [6, 6.07) is 4.20. The second kappa shape index (κ2) is 6.94. The lowest BCUT2D eigenvalue weighted by molar-refractivity contribution is -0.113. The van der Waals surface area contributed by atoms with Gasteiger partial charge < -0.3 is 9.84 Å². The van der Waals surface area contributed by atoms with Crippen LogP contribution in [0.4, 0.5) is 5.13 Å². The van der Waals surface area contributed by atoms with Crippen molar-refractivity contribution < 1.29 is 9.32 Å². The normalized spacial score (nSPS) is 11.2. The summed E-state index contributed by atoms with van der Waals surface area (Å²) in [6.45, 7) is 7.91. The van der Waals surface area contributed by atoms with E-state index >= 15 is 0 Å². The Kier molecular flexibility index (Phi) is 4.91. The lowest BCUT2D eigenvalue weighted by Crippen LogP contribution is -2.14. The fraction of sp³-hybridized carbons (Fsp3) is 0.353. The molecule has 24 heavy (non-hydrogen) atoms. The first kappa shape index (κ1) is 17.0. The van der Waals surface area contributed by atoms with Gasteiger partial charge in [-0.2, -0.15) is 0 Å². The van der Waals surface area contributed by atoms with Gasteiger partial charge in [-0.25, -0.2) is 4.98 Å². The van der Waals surface area contributed by atoms with Crippen LogP contribution in [0.1, 0.15) is 28.1 Å². The lowest BCUT2D eigenvalue weighted by Gasteiger charge is -2.02. The Labute approximate surface area is 148 Å². The lowest BCUT2D eigenvalue weighted by atomic mass is 10.1. The third kappa shape index (κ3) is 3.62. The van der Waals surface area contributed by atoms with Gasteiger partial charge in [0.05, 0.1) is 21.7 Å². The van der Waals surface area contributed by atoms with E-state index in [1.807, 2.05) is 20.8 Å². The van der Waals surface area contributed by atoms with Crippen molar-refractivity contribution in [3.63, 3.8) is 0 Å². The van der Waals surface area contributed by atoms with Crippen LogP contribution in [0.3, 0.4) is 0 Å². The van der Waals surface area contributed by atoms with E-state index in [4.69, 9.17) is 4.52 Å². The van der Waals surface area contributed by atoms with Gasteiger partial charge in [0.15, 0.2) is 5.13 Å². The molecule has 2 heterocycles. The molecule has 7 heteroatoms. The average molecular weight is 361 g/mol. The maximum atomic E-state index is 12.1. The Bertz CT molecular complexity index is 879. The van der Waals surface area contributed by atoms with Crippen molar-refractivity contribution in [1.82, 2.24) is 10.1 Å². The van der Waals surface area contributed by atoms with E-state index in [1.165, 1.54) is 16.9 Å². The van der Waals surface area contributed by atoms with Crippen molar-refractivity contribution in [1.29, 1.82) is 0 Å². The molecule has 0 aliphatic heterocycles. The van der Waals surface area contributed by atoms with E-state index in [9.17, 15) is 4.79 Å². The van der Waals surface area contributed by atoms with E-state index < -0.39 is 0 Å². The van der Waals surface area contributed by atoms with Crippen LogP contribution in [-0.2, 0) is 10.5 Å². The molecule has 2 aromatic heterocycles. The highest BCUT2D eigenvalue weighted by atomic mass is 32.2. The molecule has 0 radical (unpaired) electrons. The number of aryl methyl sites for hydroxylation is 4. The van der Waals surface area contributed by atoms with Crippen LogP contribution in [0.25, 0.3) is 10.2 Å². The highest BCUT2D eigenvalue weighted by Gasteiger charge is 2.12. The molecule has 3 rings (SSSR count). The number of aromatic nitrogens is 2. The molecular weight excluding hydrogens is 342 g/mol. The largest absolute Gasteiger partial charge is 0.361 e. The highest BCUT2D eigenvalue weighted by Crippen LogP contribution is 2.29. The summed E-state index contributed by atoms with van der Waals surface area (Å²) in [5, 5.41) is 7.47. The Balaban J connectivity index is 1.60. The van der Waals surface area contributed by atoms with Gasteiger partial charge in [0.1, 0.15) is 5.76 Å². The number of fused-ring (bicyclic) bond motifs is 1.